The van der Waals surface area contributed by atoms with Crippen LogP contribution >= 0.6 is 11.3 Å². The minimum atomic E-state index is -0.546. The third-order valence-corrected chi connectivity index (χ3v) is 5.20. The SMILES string of the molecule is Cn1c(=O)c2c(c(-c3ccccc3)cn2C)n(CC(=O)Nc2nccs2)c1=O. The quantitative estimate of drug-likeness (QED) is 0.570. The molecule has 28 heavy (non-hydrogen) atoms. The minimum absolute atomic E-state index is 0.229. The molecule has 0 radical (unpaired) electrons. The standard InChI is InChI=1S/C19H17N5O3S/c1-22-10-13(12-6-4-3-5-7-12)15-16(22)17(26)23(2)19(27)24(15)11-14(25)21-18-20-8-9-28-18/h3-10H,11H2,1-2H3,(H,20,21,25). The molecule has 0 aliphatic carbocycles. The van der Waals surface area contributed by atoms with E-state index < -0.39 is 11.2 Å². The monoisotopic (exact) mass is 395 g/mol. The Morgan fingerprint density at radius 2 is 1.89 bits per heavy atom. The van der Waals surface area contributed by atoms with Gasteiger partial charge in [0, 0.05) is 37.4 Å². The molecule has 142 valence electrons. The van der Waals surface area contributed by atoms with Crippen LogP contribution in [0.4, 0.5) is 5.13 Å². The van der Waals surface area contributed by atoms with Gasteiger partial charge in [0.05, 0.1) is 5.52 Å². The van der Waals surface area contributed by atoms with E-state index in [1.54, 1.807) is 29.4 Å². The predicted octanol–water partition coefficient (Wildman–Crippen LogP) is 1.80. The van der Waals surface area contributed by atoms with Crippen LogP contribution in [0.25, 0.3) is 22.2 Å². The number of fused-ring (bicyclic) bond motifs is 1. The zero-order valence-electron chi connectivity index (χ0n) is 15.2. The van der Waals surface area contributed by atoms with E-state index in [1.807, 2.05) is 30.3 Å². The maximum absolute atomic E-state index is 12.9. The van der Waals surface area contributed by atoms with E-state index in [-0.39, 0.29) is 12.5 Å². The number of anilines is 1. The van der Waals surface area contributed by atoms with Gasteiger partial charge >= 0.3 is 5.69 Å². The van der Waals surface area contributed by atoms with Crippen molar-refractivity contribution in [3.8, 4) is 11.1 Å². The van der Waals surface area contributed by atoms with E-state index in [0.717, 1.165) is 15.7 Å². The van der Waals surface area contributed by atoms with Gasteiger partial charge < -0.3 is 9.88 Å². The van der Waals surface area contributed by atoms with Crippen molar-refractivity contribution in [2.75, 3.05) is 5.32 Å². The Kier molecular flexibility index (Phi) is 4.44. The molecule has 0 aliphatic rings. The molecule has 4 aromatic rings. The summed E-state index contributed by atoms with van der Waals surface area (Å²) in [6.45, 7) is -0.229. The molecule has 1 aromatic carbocycles. The van der Waals surface area contributed by atoms with Crippen molar-refractivity contribution in [2.24, 2.45) is 14.1 Å². The Balaban J connectivity index is 1.93. The van der Waals surface area contributed by atoms with Crippen LogP contribution in [0.2, 0.25) is 0 Å². The highest BCUT2D eigenvalue weighted by atomic mass is 32.1. The van der Waals surface area contributed by atoms with Crippen LogP contribution in [0.1, 0.15) is 0 Å². The predicted molar refractivity (Wildman–Crippen MR) is 109 cm³/mol. The topological polar surface area (TPSA) is 90.9 Å². The summed E-state index contributed by atoms with van der Waals surface area (Å²) in [5.74, 6) is -0.389. The number of hydrogen-bond donors (Lipinski definition) is 1. The summed E-state index contributed by atoms with van der Waals surface area (Å²) < 4.78 is 4.05. The van der Waals surface area contributed by atoms with Crippen molar-refractivity contribution in [3.63, 3.8) is 0 Å². The van der Waals surface area contributed by atoms with Gasteiger partial charge in [0.1, 0.15) is 12.1 Å². The van der Waals surface area contributed by atoms with Crippen molar-refractivity contribution < 1.29 is 4.79 Å². The zero-order valence-corrected chi connectivity index (χ0v) is 16.1. The Hall–Kier alpha value is -3.46. The first kappa shape index (κ1) is 17.9. The number of carbonyl (C=O) groups is 1. The molecule has 0 spiro atoms. The number of amides is 1. The first-order chi connectivity index (χ1) is 13.5. The molecule has 0 saturated carbocycles. The third kappa shape index (κ3) is 2.95. The van der Waals surface area contributed by atoms with Crippen LogP contribution in [0.15, 0.2) is 57.7 Å². The van der Waals surface area contributed by atoms with Crippen LogP contribution in [0, 0.1) is 0 Å². The molecular formula is C19H17N5O3S. The summed E-state index contributed by atoms with van der Waals surface area (Å²) in [5.41, 5.74) is 1.43. The smallest absolute Gasteiger partial charge is 0.331 e. The fraction of sp³-hybridized carbons (Fsp3) is 0.158. The van der Waals surface area contributed by atoms with Gasteiger partial charge in [-0.05, 0) is 5.56 Å². The largest absolute Gasteiger partial charge is 0.344 e. The van der Waals surface area contributed by atoms with Gasteiger partial charge in [-0.25, -0.2) is 9.78 Å². The van der Waals surface area contributed by atoms with Gasteiger partial charge in [-0.1, -0.05) is 30.3 Å². The third-order valence-electron chi connectivity index (χ3n) is 4.52. The summed E-state index contributed by atoms with van der Waals surface area (Å²) in [7, 11) is 3.16. The van der Waals surface area contributed by atoms with Crippen molar-refractivity contribution in [3.05, 3.63) is 68.9 Å². The van der Waals surface area contributed by atoms with Gasteiger partial charge in [0.15, 0.2) is 5.13 Å². The number of carbonyl (C=O) groups excluding carboxylic acids is 1. The maximum Gasteiger partial charge on any atom is 0.331 e. The number of rotatable bonds is 4. The highest BCUT2D eigenvalue weighted by Gasteiger charge is 2.21. The Bertz CT molecular complexity index is 1280. The van der Waals surface area contributed by atoms with Gasteiger partial charge in [0.2, 0.25) is 5.91 Å². The molecule has 0 fully saturated rings. The summed E-state index contributed by atoms with van der Waals surface area (Å²) in [4.78, 5) is 42.1. The highest BCUT2D eigenvalue weighted by molar-refractivity contribution is 7.13. The van der Waals surface area contributed by atoms with Crippen molar-refractivity contribution in [2.45, 2.75) is 6.54 Å². The van der Waals surface area contributed by atoms with Crippen molar-refractivity contribution in [1.82, 2.24) is 18.7 Å². The second kappa shape index (κ2) is 6.93. The fourth-order valence-corrected chi connectivity index (χ4v) is 3.77. The van der Waals surface area contributed by atoms with Gasteiger partial charge in [-0.15, -0.1) is 11.3 Å². The molecule has 1 amide bonds. The van der Waals surface area contributed by atoms with Gasteiger partial charge in [0.25, 0.3) is 5.56 Å². The number of nitrogens with zero attached hydrogens (tertiary/aromatic N) is 4. The van der Waals surface area contributed by atoms with Gasteiger partial charge in [-0.3, -0.25) is 18.7 Å². The minimum Gasteiger partial charge on any atom is -0.344 e. The molecule has 3 aromatic heterocycles. The molecule has 0 bridgehead atoms. The molecule has 0 unspecified atom stereocenters. The molecular weight excluding hydrogens is 378 g/mol. The summed E-state index contributed by atoms with van der Waals surface area (Å²) in [5, 5.41) is 4.88. The highest BCUT2D eigenvalue weighted by Crippen LogP contribution is 2.27. The Labute approximate surface area is 163 Å². The van der Waals surface area contributed by atoms with E-state index >= 15 is 0 Å². The van der Waals surface area contributed by atoms with Gasteiger partial charge in [-0.2, -0.15) is 0 Å². The maximum atomic E-state index is 12.9. The second-order valence-corrected chi connectivity index (χ2v) is 7.23. The van der Waals surface area contributed by atoms with E-state index in [2.05, 4.69) is 10.3 Å². The lowest BCUT2D eigenvalue weighted by atomic mass is 10.1. The van der Waals surface area contributed by atoms with Crippen molar-refractivity contribution >= 4 is 33.4 Å². The molecule has 3 heterocycles. The molecule has 8 nitrogen and oxygen atoms in total. The first-order valence-corrected chi connectivity index (χ1v) is 9.39. The molecule has 1 N–H and O–H groups in total. The van der Waals surface area contributed by atoms with E-state index in [0.29, 0.717) is 16.2 Å². The number of hydrogen-bond acceptors (Lipinski definition) is 5. The van der Waals surface area contributed by atoms with Crippen LogP contribution < -0.4 is 16.6 Å². The Morgan fingerprint density at radius 1 is 1.14 bits per heavy atom. The normalized spacial score (nSPS) is 11.1. The number of aryl methyl sites for hydroxylation is 1. The number of thiazole rings is 1. The lowest BCUT2D eigenvalue weighted by molar-refractivity contribution is -0.116. The number of nitrogens with one attached hydrogen (secondary N) is 1. The van der Waals surface area contributed by atoms with E-state index in [9.17, 15) is 14.4 Å². The first-order valence-electron chi connectivity index (χ1n) is 8.51. The van der Waals surface area contributed by atoms with Crippen LogP contribution in [-0.4, -0.2) is 24.6 Å². The summed E-state index contributed by atoms with van der Waals surface area (Å²) in [6.07, 6.45) is 3.39. The summed E-state index contributed by atoms with van der Waals surface area (Å²) in [6, 6.07) is 9.45. The average molecular weight is 395 g/mol. The van der Waals surface area contributed by atoms with E-state index in [1.165, 1.54) is 23.0 Å². The average Bonchev–Trinajstić information content (AvgIpc) is 3.32. The van der Waals surface area contributed by atoms with Crippen LogP contribution in [0.3, 0.4) is 0 Å². The number of aromatic nitrogens is 4. The lowest BCUT2D eigenvalue weighted by Gasteiger charge is -2.11. The zero-order chi connectivity index (χ0) is 19.8. The lowest BCUT2D eigenvalue weighted by Crippen LogP contribution is -2.40. The van der Waals surface area contributed by atoms with Crippen LogP contribution in [-0.2, 0) is 25.4 Å². The molecule has 0 aliphatic heterocycles. The molecule has 9 heteroatoms. The van der Waals surface area contributed by atoms with Crippen molar-refractivity contribution in [1.29, 1.82) is 0 Å². The fourth-order valence-electron chi connectivity index (χ4n) is 3.22. The molecule has 0 atom stereocenters. The molecule has 4 rings (SSSR count). The second-order valence-electron chi connectivity index (χ2n) is 6.34. The number of benzene rings is 1. The van der Waals surface area contributed by atoms with Crippen LogP contribution in [0.5, 0.6) is 0 Å². The molecule has 0 saturated heterocycles. The van der Waals surface area contributed by atoms with E-state index in [4.69, 9.17) is 0 Å². The Morgan fingerprint density at radius 3 is 2.57 bits per heavy atom. The summed E-state index contributed by atoms with van der Waals surface area (Å²) >= 11 is 1.29.